The summed E-state index contributed by atoms with van der Waals surface area (Å²) >= 11 is 11.0. The van der Waals surface area contributed by atoms with Crippen molar-refractivity contribution < 1.29 is 9.47 Å². The van der Waals surface area contributed by atoms with Gasteiger partial charge in [0, 0.05) is 12.2 Å². The molecule has 1 atom stereocenters. The van der Waals surface area contributed by atoms with Crippen LogP contribution >= 0.6 is 23.8 Å². The molecule has 3 nitrogen and oxygen atoms in total. The van der Waals surface area contributed by atoms with Crippen LogP contribution in [0.2, 0.25) is 5.02 Å². The maximum Gasteiger partial charge on any atom is 0.120 e. The highest BCUT2D eigenvalue weighted by atomic mass is 35.5. The van der Waals surface area contributed by atoms with Crippen molar-refractivity contribution >= 4 is 28.8 Å². The zero-order valence-corrected chi connectivity index (χ0v) is 11.6. The number of hydrogen-bond acceptors (Lipinski definition) is 3. The lowest BCUT2D eigenvalue weighted by Crippen LogP contribution is -2.25. The Kier molecular flexibility index (Phi) is 4.80. The molecule has 98 valence electrons. The summed E-state index contributed by atoms with van der Waals surface area (Å²) in [6.45, 7) is 1.39. The van der Waals surface area contributed by atoms with E-state index in [1.165, 1.54) is 6.42 Å². The van der Waals surface area contributed by atoms with Gasteiger partial charge >= 0.3 is 0 Å². The van der Waals surface area contributed by atoms with E-state index in [1.54, 1.807) is 12.1 Å². The molecule has 0 aromatic heterocycles. The van der Waals surface area contributed by atoms with Gasteiger partial charge in [0.05, 0.1) is 11.1 Å². The molecule has 0 aliphatic carbocycles. The van der Waals surface area contributed by atoms with Gasteiger partial charge in [-0.05, 0) is 37.5 Å². The van der Waals surface area contributed by atoms with Gasteiger partial charge < -0.3 is 15.2 Å². The van der Waals surface area contributed by atoms with E-state index in [9.17, 15) is 0 Å². The monoisotopic (exact) mass is 285 g/mol. The lowest BCUT2D eigenvalue weighted by molar-refractivity contribution is -0.0110. The third-order valence-corrected chi connectivity index (χ3v) is 3.45. The molecule has 0 bridgehead atoms. The fourth-order valence-corrected chi connectivity index (χ4v) is 2.42. The molecule has 0 spiro atoms. The number of hydrogen-bond donors (Lipinski definition) is 1. The van der Waals surface area contributed by atoms with Gasteiger partial charge in [-0.3, -0.25) is 0 Å². The molecular weight excluding hydrogens is 270 g/mol. The second kappa shape index (κ2) is 6.36. The summed E-state index contributed by atoms with van der Waals surface area (Å²) in [7, 11) is 0. The topological polar surface area (TPSA) is 44.5 Å². The van der Waals surface area contributed by atoms with Crippen LogP contribution in [-0.4, -0.2) is 24.3 Å². The van der Waals surface area contributed by atoms with E-state index < -0.39 is 0 Å². The molecule has 1 fully saturated rings. The van der Waals surface area contributed by atoms with E-state index in [0.717, 1.165) is 19.4 Å². The summed E-state index contributed by atoms with van der Waals surface area (Å²) in [6, 6.07) is 5.34. The number of benzene rings is 1. The standard InChI is InChI=1S/C13H16ClNO2S/c14-12-7-9(4-5-11(12)13(15)18)17-8-10-3-1-2-6-16-10/h4-5,7,10H,1-3,6,8H2,(H2,15,18). The van der Waals surface area contributed by atoms with E-state index in [4.69, 9.17) is 39.0 Å². The molecule has 2 N–H and O–H groups in total. The molecule has 5 heteroatoms. The Bertz CT molecular complexity index is 433. The number of thiocarbonyl (C=S) groups is 1. The minimum atomic E-state index is 0.188. The molecule has 0 saturated carbocycles. The van der Waals surface area contributed by atoms with Gasteiger partial charge in [-0.1, -0.05) is 23.8 Å². The Labute approximate surface area is 117 Å². The smallest absolute Gasteiger partial charge is 0.120 e. The fraction of sp³-hybridized carbons (Fsp3) is 0.462. The van der Waals surface area contributed by atoms with Gasteiger partial charge in [0.15, 0.2) is 0 Å². The lowest BCUT2D eigenvalue weighted by atomic mass is 10.1. The molecule has 1 saturated heterocycles. The second-order valence-electron chi connectivity index (χ2n) is 4.31. The van der Waals surface area contributed by atoms with Crippen molar-refractivity contribution in [2.24, 2.45) is 5.73 Å². The predicted octanol–water partition coefficient (Wildman–Crippen LogP) is 2.92. The number of halogens is 1. The third kappa shape index (κ3) is 3.57. The highest BCUT2D eigenvalue weighted by molar-refractivity contribution is 7.80. The normalized spacial score (nSPS) is 19.5. The van der Waals surface area contributed by atoms with E-state index >= 15 is 0 Å². The minimum Gasteiger partial charge on any atom is -0.491 e. The summed E-state index contributed by atoms with van der Waals surface area (Å²) in [5, 5.41) is 0.518. The average Bonchev–Trinajstić information content (AvgIpc) is 2.37. The summed E-state index contributed by atoms with van der Waals surface area (Å²) in [5.41, 5.74) is 6.22. The number of nitrogens with two attached hydrogens (primary N) is 1. The molecule has 1 aliphatic heterocycles. The Morgan fingerprint density at radius 1 is 1.50 bits per heavy atom. The second-order valence-corrected chi connectivity index (χ2v) is 5.15. The van der Waals surface area contributed by atoms with Gasteiger partial charge in [-0.25, -0.2) is 0 Å². The van der Waals surface area contributed by atoms with Gasteiger partial charge in [0.25, 0.3) is 0 Å². The van der Waals surface area contributed by atoms with E-state index in [0.29, 0.717) is 27.9 Å². The van der Waals surface area contributed by atoms with Crippen LogP contribution in [0.1, 0.15) is 24.8 Å². The third-order valence-electron chi connectivity index (χ3n) is 2.92. The van der Waals surface area contributed by atoms with Crippen LogP contribution in [0.4, 0.5) is 0 Å². The SMILES string of the molecule is NC(=S)c1ccc(OCC2CCCCO2)cc1Cl. The van der Waals surface area contributed by atoms with Crippen molar-refractivity contribution in [2.75, 3.05) is 13.2 Å². The largest absolute Gasteiger partial charge is 0.491 e. The summed E-state index contributed by atoms with van der Waals surface area (Å²) in [5.74, 6) is 0.717. The predicted molar refractivity (Wildman–Crippen MR) is 76.4 cm³/mol. The maximum absolute atomic E-state index is 6.07. The molecule has 1 aromatic carbocycles. The Hall–Kier alpha value is -0.840. The number of ether oxygens (including phenoxy) is 2. The van der Waals surface area contributed by atoms with Gasteiger partial charge in [0.1, 0.15) is 17.3 Å². The molecule has 0 amide bonds. The van der Waals surface area contributed by atoms with Crippen LogP contribution in [0.5, 0.6) is 5.75 Å². The van der Waals surface area contributed by atoms with E-state index in [1.807, 2.05) is 6.07 Å². The Balaban J connectivity index is 1.93. The Morgan fingerprint density at radius 3 is 2.94 bits per heavy atom. The van der Waals surface area contributed by atoms with Crippen molar-refractivity contribution in [1.82, 2.24) is 0 Å². The zero-order valence-electron chi connectivity index (χ0n) is 10.0. The first kappa shape index (κ1) is 13.6. The van der Waals surface area contributed by atoms with Crippen molar-refractivity contribution in [2.45, 2.75) is 25.4 Å². The van der Waals surface area contributed by atoms with Crippen molar-refractivity contribution in [3.63, 3.8) is 0 Å². The molecule has 0 radical (unpaired) electrons. The highest BCUT2D eigenvalue weighted by Gasteiger charge is 2.14. The molecule has 1 aromatic rings. The van der Waals surface area contributed by atoms with Crippen LogP contribution < -0.4 is 10.5 Å². The number of rotatable bonds is 4. The van der Waals surface area contributed by atoms with E-state index in [-0.39, 0.29) is 6.10 Å². The highest BCUT2D eigenvalue weighted by Crippen LogP contribution is 2.23. The van der Waals surface area contributed by atoms with Crippen LogP contribution in [0.15, 0.2) is 18.2 Å². The molecule has 1 heterocycles. The van der Waals surface area contributed by atoms with Gasteiger partial charge in [-0.2, -0.15) is 0 Å². The Morgan fingerprint density at radius 2 is 2.33 bits per heavy atom. The zero-order chi connectivity index (χ0) is 13.0. The summed E-state index contributed by atoms with van der Waals surface area (Å²) in [6.07, 6.45) is 3.59. The maximum atomic E-state index is 6.07. The minimum absolute atomic E-state index is 0.188. The molecule has 1 unspecified atom stereocenters. The molecule has 2 rings (SSSR count). The van der Waals surface area contributed by atoms with Crippen LogP contribution in [0.25, 0.3) is 0 Å². The van der Waals surface area contributed by atoms with E-state index in [2.05, 4.69) is 0 Å². The van der Waals surface area contributed by atoms with Gasteiger partial charge in [-0.15, -0.1) is 0 Å². The van der Waals surface area contributed by atoms with Crippen LogP contribution in [0, 0.1) is 0 Å². The first-order valence-corrected chi connectivity index (χ1v) is 6.79. The quantitative estimate of drug-likeness (QED) is 0.864. The van der Waals surface area contributed by atoms with Crippen molar-refractivity contribution in [3.05, 3.63) is 28.8 Å². The first-order chi connectivity index (χ1) is 8.66. The van der Waals surface area contributed by atoms with Crippen LogP contribution in [0.3, 0.4) is 0 Å². The summed E-state index contributed by atoms with van der Waals surface area (Å²) in [4.78, 5) is 0.294. The van der Waals surface area contributed by atoms with Gasteiger partial charge in [0.2, 0.25) is 0 Å². The summed E-state index contributed by atoms with van der Waals surface area (Å²) < 4.78 is 11.3. The van der Waals surface area contributed by atoms with Crippen LogP contribution in [-0.2, 0) is 4.74 Å². The molecule has 1 aliphatic rings. The first-order valence-electron chi connectivity index (χ1n) is 6.00. The van der Waals surface area contributed by atoms with Crippen molar-refractivity contribution in [3.8, 4) is 5.75 Å². The molecular formula is C13H16ClNO2S. The average molecular weight is 286 g/mol. The fourth-order valence-electron chi connectivity index (χ4n) is 1.91. The van der Waals surface area contributed by atoms with Crippen molar-refractivity contribution in [1.29, 1.82) is 0 Å². The lowest BCUT2D eigenvalue weighted by Gasteiger charge is -2.22. The molecule has 18 heavy (non-hydrogen) atoms.